The smallest absolute Gasteiger partial charge is 0.219 e. The number of hydrogen-bond donors (Lipinski definition) is 2. The van der Waals surface area contributed by atoms with Gasteiger partial charge in [-0.15, -0.1) is 5.10 Å². The van der Waals surface area contributed by atoms with E-state index >= 15 is 0 Å². The maximum Gasteiger partial charge on any atom is 0.219 e. The van der Waals surface area contributed by atoms with E-state index in [1.807, 2.05) is 24.5 Å². The molecule has 0 saturated heterocycles. The first-order valence-electron chi connectivity index (χ1n) is 5.08. The Hall–Kier alpha value is -1.82. The van der Waals surface area contributed by atoms with Crippen molar-refractivity contribution >= 4 is 23.5 Å². The molecular formula is C11H12N4OS. The first kappa shape index (κ1) is 11.7. The quantitative estimate of drug-likeness (QED) is 0.624. The van der Waals surface area contributed by atoms with Crippen LogP contribution in [0.4, 0.5) is 5.95 Å². The molecule has 0 fully saturated rings. The lowest BCUT2D eigenvalue weighted by molar-refractivity contribution is 0.101. The van der Waals surface area contributed by atoms with Gasteiger partial charge in [-0.3, -0.25) is 4.79 Å². The number of carbonyl (C=O) groups is 1. The van der Waals surface area contributed by atoms with E-state index in [2.05, 4.69) is 20.5 Å². The van der Waals surface area contributed by atoms with Gasteiger partial charge in [0.25, 0.3) is 0 Å². The van der Waals surface area contributed by atoms with Gasteiger partial charge in [-0.05, 0) is 6.26 Å². The number of benzene rings is 1. The fraction of sp³-hybridized carbons (Fsp3) is 0.182. The summed E-state index contributed by atoms with van der Waals surface area (Å²) in [5.74, 6) is 0.534. The predicted molar refractivity (Wildman–Crippen MR) is 67.4 cm³/mol. The minimum absolute atomic E-state index is 0.0210. The average Bonchev–Trinajstić information content (AvgIpc) is 2.85. The van der Waals surface area contributed by atoms with Crippen LogP contribution >= 0.6 is 11.8 Å². The molecule has 0 aliphatic rings. The Bertz CT molecular complexity index is 497. The molecule has 1 aromatic heterocycles. The van der Waals surface area contributed by atoms with Crippen LogP contribution in [-0.4, -0.2) is 33.8 Å². The summed E-state index contributed by atoms with van der Waals surface area (Å²) >= 11 is 1.44. The fourth-order valence-electron chi connectivity index (χ4n) is 1.31. The Balaban J connectivity index is 1.92. The number of aromatic amines is 1. The van der Waals surface area contributed by atoms with E-state index in [0.717, 1.165) is 0 Å². The van der Waals surface area contributed by atoms with Crippen LogP contribution in [0.5, 0.6) is 0 Å². The predicted octanol–water partition coefficient (Wildman–Crippen LogP) is 1.82. The summed E-state index contributed by atoms with van der Waals surface area (Å²) in [4.78, 5) is 15.9. The number of hydrogen-bond acceptors (Lipinski definition) is 5. The molecule has 1 aromatic carbocycles. The van der Waals surface area contributed by atoms with Gasteiger partial charge in [0.2, 0.25) is 11.1 Å². The summed E-state index contributed by atoms with van der Waals surface area (Å²) in [6.07, 6.45) is 1.89. The van der Waals surface area contributed by atoms with Crippen molar-refractivity contribution in [2.75, 3.05) is 18.1 Å². The fourth-order valence-corrected chi connectivity index (χ4v) is 1.63. The summed E-state index contributed by atoms with van der Waals surface area (Å²) in [5, 5.41) is 10.2. The van der Waals surface area contributed by atoms with Gasteiger partial charge in [0.15, 0.2) is 5.78 Å². The van der Waals surface area contributed by atoms with Crippen LogP contribution < -0.4 is 5.32 Å². The van der Waals surface area contributed by atoms with E-state index in [1.165, 1.54) is 11.8 Å². The molecule has 6 heteroatoms. The normalized spacial score (nSPS) is 10.2. The number of aromatic nitrogens is 3. The van der Waals surface area contributed by atoms with Crippen molar-refractivity contribution in [1.29, 1.82) is 0 Å². The monoisotopic (exact) mass is 248 g/mol. The molecule has 2 N–H and O–H groups in total. The van der Waals surface area contributed by atoms with Crippen LogP contribution in [0.1, 0.15) is 10.4 Å². The third-order valence-corrected chi connectivity index (χ3v) is 2.71. The molecule has 0 saturated carbocycles. The number of rotatable bonds is 5. The molecule has 0 atom stereocenters. The highest BCUT2D eigenvalue weighted by molar-refractivity contribution is 7.98. The summed E-state index contributed by atoms with van der Waals surface area (Å²) in [7, 11) is 0. The van der Waals surface area contributed by atoms with E-state index in [4.69, 9.17) is 0 Å². The molecule has 0 bridgehead atoms. The first-order valence-corrected chi connectivity index (χ1v) is 6.30. The first-order chi connectivity index (χ1) is 8.29. The van der Waals surface area contributed by atoms with Gasteiger partial charge in [-0.1, -0.05) is 42.1 Å². The SMILES string of the molecule is CSc1n[nH]c(NCC(=O)c2ccccc2)n1. The van der Waals surface area contributed by atoms with Crippen molar-refractivity contribution in [3.05, 3.63) is 35.9 Å². The largest absolute Gasteiger partial charge is 0.347 e. The highest BCUT2D eigenvalue weighted by Gasteiger charge is 2.06. The summed E-state index contributed by atoms with van der Waals surface area (Å²) < 4.78 is 0. The lowest BCUT2D eigenvalue weighted by Crippen LogP contribution is -2.14. The van der Waals surface area contributed by atoms with E-state index in [-0.39, 0.29) is 12.3 Å². The Morgan fingerprint density at radius 1 is 1.41 bits per heavy atom. The summed E-state index contributed by atoms with van der Waals surface area (Å²) in [6, 6.07) is 9.14. The van der Waals surface area contributed by atoms with Gasteiger partial charge in [0.1, 0.15) is 0 Å². The van der Waals surface area contributed by atoms with E-state index < -0.39 is 0 Å². The second-order valence-corrected chi connectivity index (χ2v) is 4.09. The van der Waals surface area contributed by atoms with E-state index in [1.54, 1.807) is 12.1 Å². The third kappa shape index (κ3) is 3.07. The van der Waals surface area contributed by atoms with Gasteiger partial charge in [0, 0.05) is 5.56 Å². The standard InChI is InChI=1S/C11H12N4OS/c1-17-11-13-10(14-15-11)12-7-9(16)8-5-3-2-4-6-8/h2-6H,7H2,1H3,(H2,12,13,14,15). The van der Waals surface area contributed by atoms with Gasteiger partial charge in [-0.2, -0.15) is 4.98 Å². The average molecular weight is 248 g/mol. The van der Waals surface area contributed by atoms with Crippen molar-refractivity contribution in [1.82, 2.24) is 15.2 Å². The molecule has 0 amide bonds. The number of thioether (sulfide) groups is 1. The molecule has 88 valence electrons. The maximum atomic E-state index is 11.8. The Labute approximate surface area is 103 Å². The van der Waals surface area contributed by atoms with Gasteiger partial charge >= 0.3 is 0 Å². The maximum absolute atomic E-state index is 11.8. The van der Waals surface area contributed by atoms with Crippen LogP contribution in [0, 0.1) is 0 Å². The minimum Gasteiger partial charge on any atom is -0.347 e. The van der Waals surface area contributed by atoms with E-state index in [9.17, 15) is 4.79 Å². The highest BCUT2D eigenvalue weighted by atomic mass is 32.2. The highest BCUT2D eigenvalue weighted by Crippen LogP contribution is 2.09. The van der Waals surface area contributed by atoms with Crippen molar-refractivity contribution in [2.24, 2.45) is 0 Å². The number of nitrogens with zero attached hydrogens (tertiary/aromatic N) is 2. The number of anilines is 1. The number of ketones is 1. The van der Waals surface area contributed by atoms with Gasteiger partial charge in [0.05, 0.1) is 6.54 Å². The Morgan fingerprint density at radius 2 is 2.18 bits per heavy atom. The summed E-state index contributed by atoms with van der Waals surface area (Å²) in [5.41, 5.74) is 0.685. The van der Waals surface area contributed by atoms with Crippen molar-refractivity contribution in [3.8, 4) is 0 Å². The molecule has 5 nitrogen and oxygen atoms in total. The van der Waals surface area contributed by atoms with Gasteiger partial charge < -0.3 is 5.32 Å². The number of nitrogens with one attached hydrogen (secondary N) is 2. The molecule has 0 aliphatic carbocycles. The molecule has 0 spiro atoms. The second kappa shape index (κ2) is 5.49. The van der Waals surface area contributed by atoms with Crippen LogP contribution in [-0.2, 0) is 0 Å². The van der Waals surface area contributed by atoms with Crippen LogP contribution in [0.25, 0.3) is 0 Å². The molecular weight excluding hydrogens is 236 g/mol. The topological polar surface area (TPSA) is 70.7 Å². The van der Waals surface area contributed by atoms with E-state index in [0.29, 0.717) is 16.7 Å². The zero-order valence-electron chi connectivity index (χ0n) is 9.30. The van der Waals surface area contributed by atoms with Crippen LogP contribution in [0.15, 0.2) is 35.5 Å². The molecule has 2 rings (SSSR count). The lowest BCUT2D eigenvalue weighted by Gasteiger charge is -2.01. The molecule has 0 aliphatic heterocycles. The zero-order valence-corrected chi connectivity index (χ0v) is 10.1. The van der Waals surface area contributed by atoms with Gasteiger partial charge in [-0.25, -0.2) is 5.10 Å². The zero-order chi connectivity index (χ0) is 12.1. The molecule has 1 heterocycles. The molecule has 0 radical (unpaired) electrons. The lowest BCUT2D eigenvalue weighted by atomic mass is 10.1. The minimum atomic E-state index is 0.0210. The van der Waals surface area contributed by atoms with Crippen molar-refractivity contribution < 1.29 is 4.79 Å². The molecule has 0 unspecified atom stereocenters. The third-order valence-electron chi connectivity index (χ3n) is 2.16. The second-order valence-electron chi connectivity index (χ2n) is 3.31. The van der Waals surface area contributed by atoms with Crippen molar-refractivity contribution in [3.63, 3.8) is 0 Å². The summed E-state index contributed by atoms with van der Waals surface area (Å²) in [6.45, 7) is 0.201. The number of Topliss-reactive ketones (excluding diaryl/α,β-unsaturated/α-hetero) is 1. The molecule has 17 heavy (non-hydrogen) atoms. The Kier molecular flexibility index (Phi) is 3.77. The number of H-pyrrole nitrogens is 1. The van der Waals surface area contributed by atoms with Crippen LogP contribution in [0.3, 0.4) is 0 Å². The van der Waals surface area contributed by atoms with Crippen LogP contribution in [0.2, 0.25) is 0 Å². The Morgan fingerprint density at radius 3 is 2.82 bits per heavy atom. The molecule has 2 aromatic rings. The van der Waals surface area contributed by atoms with Crippen molar-refractivity contribution in [2.45, 2.75) is 5.16 Å². The number of carbonyl (C=O) groups excluding carboxylic acids is 1.